The van der Waals surface area contributed by atoms with Crippen LogP contribution in [0.5, 0.6) is 11.5 Å². The van der Waals surface area contributed by atoms with Crippen LogP contribution in [0.25, 0.3) is 6.08 Å². The predicted molar refractivity (Wildman–Crippen MR) is 154 cm³/mol. The molecule has 5 rings (SSSR count). The summed E-state index contributed by atoms with van der Waals surface area (Å²) in [7, 11) is 3.08. The van der Waals surface area contributed by atoms with Gasteiger partial charge < -0.3 is 18.6 Å². The number of aromatic nitrogens is 3. The third-order valence-corrected chi connectivity index (χ3v) is 7.94. The monoisotopic (exact) mass is 592 g/mol. The van der Waals surface area contributed by atoms with Crippen molar-refractivity contribution in [1.82, 2.24) is 14.5 Å². The van der Waals surface area contributed by atoms with Gasteiger partial charge in [0.05, 0.1) is 36.1 Å². The number of furan rings is 1. The molecule has 10 nitrogen and oxygen atoms in total. The Bertz CT molecular complexity index is 1840. The number of aryl methyl sites for hydroxylation is 1. The highest BCUT2D eigenvalue weighted by Gasteiger charge is 2.35. The summed E-state index contributed by atoms with van der Waals surface area (Å²) in [5, 5.41) is 1.15. The Kier molecular flexibility index (Phi) is 8.13. The summed E-state index contributed by atoms with van der Waals surface area (Å²) in [5.41, 5.74) is 1.79. The summed E-state index contributed by atoms with van der Waals surface area (Å²) in [5.74, 6) is 0.959. The SMILES string of the molecule is COc1ccc(OC)c([C@@H]2C(C(=O)OC(C)C)=C(C)N=c3s/c(=C\c4ccc(Sc5nccc(C)n5)o4)c(=O)n32)c1. The van der Waals surface area contributed by atoms with Gasteiger partial charge in [-0.15, -0.1) is 0 Å². The summed E-state index contributed by atoms with van der Waals surface area (Å²) in [6, 6.07) is 9.79. The van der Waals surface area contributed by atoms with Crippen LogP contribution in [-0.2, 0) is 9.53 Å². The number of hydrogen-bond acceptors (Lipinski definition) is 11. The van der Waals surface area contributed by atoms with Crippen molar-refractivity contribution < 1.29 is 23.4 Å². The van der Waals surface area contributed by atoms with Crippen LogP contribution < -0.4 is 24.4 Å². The number of benzene rings is 1. The fourth-order valence-corrected chi connectivity index (χ4v) is 6.15. The molecule has 3 aromatic heterocycles. The Morgan fingerprint density at radius 2 is 1.95 bits per heavy atom. The van der Waals surface area contributed by atoms with Crippen molar-refractivity contribution >= 4 is 35.1 Å². The van der Waals surface area contributed by atoms with Gasteiger partial charge in [0.25, 0.3) is 5.56 Å². The fraction of sp³-hybridized carbons (Fsp3) is 0.276. The van der Waals surface area contributed by atoms with Gasteiger partial charge in [-0.1, -0.05) is 11.3 Å². The second kappa shape index (κ2) is 11.8. The maximum Gasteiger partial charge on any atom is 0.338 e. The minimum Gasteiger partial charge on any atom is -0.497 e. The first-order chi connectivity index (χ1) is 19.7. The first-order valence-corrected chi connectivity index (χ1v) is 14.3. The zero-order valence-electron chi connectivity index (χ0n) is 23.3. The normalized spacial score (nSPS) is 15.1. The molecule has 0 spiro atoms. The molecule has 0 unspecified atom stereocenters. The Labute approximate surface area is 244 Å². The largest absolute Gasteiger partial charge is 0.497 e. The van der Waals surface area contributed by atoms with Gasteiger partial charge in [-0.2, -0.15) is 0 Å². The Morgan fingerprint density at radius 3 is 2.66 bits per heavy atom. The number of esters is 1. The smallest absolute Gasteiger partial charge is 0.338 e. The molecule has 4 heterocycles. The fourth-order valence-electron chi connectivity index (χ4n) is 4.37. The summed E-state index contributed by atoms with van der Waals surface area (Å²) < 4.78 is 24.5. The van der Waals surface area contributed by atoms with Crippen molar-refractivity contribution in [3.63, 3.8) is 0 Å². The molecule has 12 heteroatoms. The van der Waals surface area contributed by atoms with Crippen molar-refractivity contribution in [2.75, 3.05) is 14.2 Å². The maximum absolute atomic E-state index is 14.0. The van der Waals surface area contributed by atoms with Crippen LogP contribution in [0.1, 0.15) is 43.8 Å². The molecule has 1 aliphatic rings. The van der Waals surface area contributed by atoms with E-state index in [4.69, 9.17) is 18.6 Å². The molecule has 0 radical (unpaired) electrons. The van der Waals surface area contributed by atoms with Crippen LogP contribution >= 0.6 is 23.1 Å². The number of carbonyl (C=O) groups excluding carboxylic acids is 1. The Hall–Kier alpha value is -4.16. The summed E-state index contributed by atoms with van der Waals surface area (Å²) in [4.78, 5) is 41.1. The number of allylic oxidation sites excluding steroid dienone is 1. The minimum absolute atomic E-state index is 0.249. The Balaban J connectivity index is 1.63. The van der Waals surface area contributed by atoms with E-state index < -0.39 is 12.0 Å². The van der Waals surface area contributed by atoms with Crippen LogP contribution in [0.15, 0.2) is 78.3 Å². The van der Waals surface area contributed by atoms with Gasteiger partial charge in [-0.3, -0.25) is 9.36 Å². The average Bonchev–Trinajstić information content (AvgIpc) is 3.50. The van der Waals surface area contributed by atoms with E-state index in [1.54, 1.807) is 70.5 Å². The Morgan fingerprint density at radius 1 is 1.15 bits per heavy atom. The molecular formula is C29H28N4O6S2. The first-order valence-electron chi connectivity index (χ1n) is 12.7. The van der Waals surface area contributed by atoms with Crippen LogP contribution in [0, 0.1) is 6.92 Å². The van der Waals surface area contributed by atoms with Crippen molar-refractivity contribution in [2.24, 2.45) is 4.99 Å². The second-order valence-corrected chi connectivity index (χ2v) is 11.4. The number of fused-ring (bicyclic) bond motifs is 1. The zero-order chi connectivity index (χ0) is 29.3. The molecule has 1 atom stereocenters. The van der Waals surface area contributed by atoms with E-state index in [-0.39, 0.29) is 17.2 Å². The van der Waals surface area contributed by atoms with Gasteiger partial charge in [0, 0.05) is 23.5 Å². The van der Waals surface area contributed by atoms with E-state index in [0.717, 1.165) is 5.69 Å². The van der Waals surface area contributed by atoms with Gasteiger partial charge in [0.1, 0.15) is 23.3 Å². The standard InChI is InChI=1S/C29H28N4O6S2/c1-15(2)38-27(35)24-17(4)32-29-33(25(24)20-13-18(36-5)7-9-21(20)37-6)26(34)22(40-29)14-19-8-10-23(39-19)41-28-30-12-11-16(3)31-28/h7-15,25H,1-6H3/b22-14-/t25-/m1/s1. The average molecular weight is 593 g/mol. The lowest BCUT2D eigenvalue weighted by molar-refractivity contribution is -0.143. The van der Waals surface area contributed by atoms with Crippen molar-refractivity contribution in [1.29, 1.82) is 0 Å². The van der Waals surface area contributed by atoms with Gasteiger partial charge in [0.15, 0.2) is 15.1 Å². The molecule has 0 saturated carbocycles. The number of rotatable bonds is 8. The topological polar surface area (TPSA) is 118 Å². The molecule has 212 valence electrons. The van der Waals surface area contributed by atoms with E-state index >= 15 is 0 Å². The minimum atomic E-state index is -0.856. The van der Waals surface area contributed by atoms with Crippen LogP contribution in [-0.4, -0.2) is 40.8 Å². The molecule has 0 aliphatic carbocycles. The lowest BCUT2D eigenvalue weighted by Gasteiger charge is -2.26. The summed E-state index contributed by atoms with van der Waals surface area (Å²) in [6.45, 7) is 7.16. The lowest BCUT2D eigenvalue weighted by Crippen LogP contribution is -2.40. The molecule has 41 heavy (non-hydrogen) atoms. The predicted octanol–water partition coefficient (Wildman–Crippen LogP) is 4.05. The number of hydrogen-bond donors (Lipinski definition) is 0. The molecule has 1 aliphatic heterocycles. The molecular weight excluding hydrogens is 564 g/mol. The third kappa shape index (κ3) is 5.84. The van der Waals surface area contributed by atoms with Crippen LogP contribution in [0.2, 0.25) is 0 Å². The second-order valence-electron chi connectivity index (χ2n) is 9.38. The van der Waals surface area contributed by atoms with Crippen molar-refractivity contribution in [3.05, 3.63) is 90.6 Å². The van der Waals surface area contributed by atoms with Crippen molar-refractivity contribution in [2.45, 2.75) is 50.1 Å². The highest BCUT2D eigenvalue weighted by molar-refractivity contribution is 7.99. The lowest BCUT2D eigenvalue weighted by atomic mass is 9.94. The molecule has 0 fully saturated rings. The highest BCUT2D eigenvalue weighted by atomic mass is 32.2. The molecule has 0 N–H and O–H groups in total. The van der Waals surface area contributed by atoms with E-state index in [1.807, 2.05) is 13.0 Å². The van der Waals surface area contributed by atoms with Gasteiger partial charge in [0.2, 0.25) is 0 Å². The van der Waals surface area contributed by atoms with Crippen molar-refractivity contribution in [3.8, 4) is 11.5 Å². The first kappa shape index (κ1) is 28.4. The quantitative estimate of drug-likeness (QED) is 0.221. The number of thiazole rings is 1. The highest BCUT2D eigenvalue weighted by Crippen LogP contribution is 2.38. The summed E-state index contributed by atoms with van der Waals surface area (Å²) in [6.07, 6.45) is 2.99. The molecule has 0 bridgehead atoms. The van der Waals surface area contributed by atoms with E-state index in [2.05, 4.69) is 15.0 Å². The van der Waals surface area contributed by atoms with E-state index in [0.29, 0.717) is 48.1 Å². The van der Waals surface area contributed by atoms with Gasteiger partial charge in [-0.25, -0.2) is 19.8 Å². The van der Waals surface area contributed by atoms with E-state index in [1.165, 1.54) is 34.8 Å². The van der Waals surface area contributed by atoms with E-state index in [9.17, 15) is 9.59 Å². The van der Waals surface area contributed by atoms with Crippen LogP contribution in [0.4, 0.5) is 0 Å². The number of methoxy groups -OCH3 is 2. The molecule has 4 aromatic rings. The zero-order valence-corrected chi connectivity index (χ0v) is 25.0. The van der Waals surface area contributed by atoms with Crippen LogP contribution in [0.3, 0.4) is 0 Å². The molecule has 1 aromatic carbocycles. The molecule has 0 saturated heterocycles. The number of ether oxygens (including phenoxy) is 3. The van der Waals surface area contributed by atoms with Gasteiger partial charge >= 0.3 is 5.97 Å². The number of nitrogens with zero attached hydrogens (tertiary/aromatic N) is 4. The third-order valence-electron chi connectivity index (χ3n) is 6.16. The summed E-state index contributed by atoms with van der Waals surface area (Å²) >= 11 is 2.49. The van der Waals surface area contributed by atoms with Gasteiger partial charge in [-0.05, 0) is 75.9 Å². The maximum atomic E-state index is 14.0. The number of carbonyl (C=O) groups is 1. The molecule has 0 amide bonds.